The van der Waals surface area contributed by atoms with E-state index in [1.165, 1.54) is 0 Å². The van der Waals surface area contributed by atoms with Gasteiger partial charge in [0.15, 0.2) is 0 Å². The molecule has 0 fully saturated rings. The molecule has 6 N–H and O–H groups in total. The van der Waals surface area contributed by atoms with Crippen molar-refractivity contribution in [1.29, 1.82) is 0 Å². The smallest absolute Gasteiger partial charge is 0.303 e. The van der Waals surface area contributed by atoms with Crippen LogP contribution >= 0.6 is 0 Å². The maximum Gasteiger partial charge on any atom is 0.303 e. The first-order valence-electron chi connectivity index (χ1n) is 10.7. The van der Waals surface area contributed by atoms with Crippen LogP contribution in [0.25, 0.3) is 11.1 Å². The molecule has 0 radical (unpaired) electrons. The summed E-state index contributed by atoms with van der Waals surface area (Å²) in [5.41, 5.74) is 18.0. The predicted octanol–water partition coefficient (Wildman–Crippen LogP) is 4.54. The second-order valence-corrected chi connectivity index (χ2v) is 7.78. The molecule has 6 nitrogen and oxygen atoms in total. The van der Waals surface area contributed by atoms with Crippen LogP contribution in [0.5, 0.6) is 0 Å². The van der Waals surface area contributed by atoms with Crippen molar-refractivity contribution in [3.05, 3.63) is 83.4 Å². The molecule has 0 spiro atoms. The van der Waals surface area contributed by atoms with Crippen molar-refractivity contribution in [1.82, 2.24) is 0 Å². The van der Waals surface area contributed by atoms with Gasteiger partial charge in [0.2, 0.25) is 5.91 Å². The van der Waals surface area contributed by atoms with E-state index in [1.807, 2.05) is 73.7 Å². The summed E-state index contributed by atoms with van der Waals surface area (Å²) in [6, 6.07) is 21.0. The molecule has 32 heavy (non-hydrogen) atoms. The summed E-state index contributed by atoms with van der Waals surface area (Å²) in [6.45, 7) is 2.13. The number of aryl methyl sites for hydroxylation is 1. The fourth-order valence-electron chi connectivity index (χ4n) is 3.81. The molecule has 0 aromatic heterocycles. The van der Waals surface area contributed by atoms with Gasteiger partial charge in [0.1, 0.15) is 0 Å². The van der Waals surface area contributed by atoms with Crippen LogP contribution in [0.1, 0.15) is 42.4 Å². The van der Waals surface area contributed by atoms with Gasteiger partial charge in [-0.2, -0.15) is 0 Å². The molecule has 166 valence electrons. The number of anilines is 2. The Bertz CT molecular complexity index is 1100. The van der Waals surface area contributed by atoms with E-state index < -0.39 is 5.97 Å². The lowest BCUT2D eigenvalue weighted by molar-refractivity contribution is -0.137. The minimum atomic E-state index is -0.821. The number of aliphatic carboxylic acids is 1. The van der Waals surface area contributed by atoms with E-state index in [0.29, 0.717) is 24.2 Å². The number of carboxylic acid groups (broad SMARTS) is 1. The monoisotopic (exact) mass is 431 g/mol. The Morgan fingerprint density at radius 2 is 1.66 bits per heavy atom. The van der Waals surface area contributed by atoms with Crippen molar-refractivity contribution >= 4 is 23.3 Å². The molecule has 1 amide bonds. The lowest BCUT2D eigenvalue weighted by Gasteiger charge is -2.19. The zero-order valence-corrected chi connectivity index (χ0v) is 18.2. The number of amides is 1. The summed E-state index contributed by atoms with van der Waals surface area (Å²) in [7, 11) is 0. The lowest BCUT2D eigenvalue weighted by atomic mass is 9.93. The van der Waals surface area contributed by atoms with Crippen LogP contribution < -0.4 is 16.8 Å². The van der Waals surface area contributed by atoms with Crippen molar-refractivity contribution in [3.8, 4) is 11.1 Å². The van der Waals surface area contributed by atoms with Gasteiger partial charge in [-0.05, 0) is 42.5 Å². The minimum Gasteiger partial charge on any atom is -0.481 e. The first kappa shape index (κ1) is 23.0. The number of nitrogens with two attached hydrogens (primary N) is 2. The number of nitrogens with one attached hydrogen (secondary N) is 1. The zero-order chi connectivity index (χ0) is 23.1. The van der Waals surface area contributed by atoms with Gasteiger partial charge in [-0.3, -0.25) is 9.59 Å². The fraction of sp³-hybridized carbons (Fsp3) is 0.231. The van der Waals surface area contributed by atoms with E-state index >= 15 is 0 Å². The van der Waals surface area contributed by atoms with Crippen LogP contribution in [0.15, 0.2) is 66.7 Å². The lowest BCUT2D eigenvalue weighted by Crippen LogP contribution is -2.19. The van der Waals surface area contributed by atoms with Gasteiger partial charge in [0.05, 0.1) is 5.92 Å². The average Bonchev–Trinajstić information content (AvgIpc) is 2.79. The summed E-state index contributed by atoms with van der Waals surface area (Å²) in [6.07, 6.45) is 1.21. The number of hydrogen-bond acceptors (Lipinski definition) is 4. The van der Waals surface area contributed by atoms with Gasteiger partial charge < -0.3 is 21.9 Å². The average molecular weight is 432 g/mol. The van der Waals surface area contributed by atoms with Gasteiger partial charge in [-0.1, -0.05) is 60.7 Å². The maximum atomic E-state index is 12.9. The Morgan fingerprint density at radius 3 is 2.34 bits per heavy atom. The van der Waals surface area contributed by atoms with Gasteiger partial charge in [0.25, 0.3) is 0 Å². The molecular formula is C26H29N3O3. The van der Waals surface area contributed by atoms with E-state index in [0.717, 1.165) is 27.8 Å². The van der Waals surface area contributed by atoms with Crippen LogP contribution in [-0.2, 0) is 22.6 Å². The normalized spacial score (nSPS) is 11.7. The molecule has 0 bridgehead atoms. The Balaban J connectivity index is 1.89. The highest BCUT2D eigenvalue weighted by Crippen LogP contribution is 2.36. The first-order valence-corrected chi connectivity index (χ1v) is 10.7. The van der Waals surface area contributed by atoms with Crippen molar-refractivity contribution in [3.63, 3.8) is 0 Å². The maximum absolute atomic E-state index is 12.9. The Labute approximate surface area is 188 Å². The topological polar surface area (TPSA) is 118 Å². The molecule has 3 aromatic carbocycles. The Hall–Kier alpha value is -3.64. The van der Waals surface area contributed by atoms with Crippen molar-refractivity contribution in [2.45, 2.75) is 38.6 Å². The number of carbonyl (C=O) groups is 2. The number of rotatable bonds is 9. The van der Waals surface area contributed by atoms with Gasteiger partial charge >= 0.3 is 5.97 Å². The molecule has 0 heterocycles. The molecule has 3 aromatic rings. The van der Waals surface area contributed by atoms with E-state index in [2.05, 4.69) is 5.32 Å². The van der Waals surface area contributed by atoms with E-state index in [1.54, 1.807) is 0 Å². The summed E-state index contributed by atoms with van der Waals surface area (Å²) in [4.78, 5) is 23.8. The number of carboxylic acids is 1. The molecule has 3 rings (SSSR count). The minimum absolute atomic E-state index is 0.0974. The number of hydrogen-bond donors (Lipinski definition) is 4. The molecule has 1 unspecified atom stereocenters. The Kier molecular flexibility index (Phi) is 7.63. The molecule has 0 aliphatic heterocycles. The van der Waals surface area contributed by atoms with Crippen LogP contribution in [0, 0.1) is 0 Å². The third-order valence-corrected chi connectivity index (χ3v) is 5.66. The highest BCUT2D eigenvalue weighted by molar-refractivity contribution is 6.00. The van der Waals surface area contributed by atoms with Gasteiger partial charge in [-0.25, -0.2) is 0 Å². The highest BCUT2D eigenvalue weighted by atomic mass is 16.4. The van der Waals surface area contributed by atoms with Crippen LogP contribution in [0.2, 0.25) is 0 Å². The Morgan fingerprint density at radius 1 is 0.969 bits per heavy atom. The number of benzene rings is 3. The molecule has 0 aliphatic rings. The molecule has 1 atom stereocenters. The second kappa shape index (κ2) is 10.6. The van der Waals surface area contributed by atoms with Gasteiger partial charge in [-0.15, -0.1) is 0 Å². The summed E-state index contributed by atoms with van der Waals surface area (Å²) < 4.78 is 0. The summed E-state index contributed by atoms with van der Waals surface area (Å²) >= 11 is 0. The van der Waals surface area contributed by atoms with Crippen LogP contribution in [0.4, 0.5) is 11.4 Å². The SMILES string of the molecule is CC(C(=O)Nc1ccccc1-c1ccc(CCCC(=O)O)c(CN)c1N)c1ccccc1. The van der Waals surface area contributed by atoms with Crippen LogP contribution in [-0.4, -0.2) is 17.0 Å². The molecule has 0 saturated heterocycles. The highest BCUT2D eigenvalue weighted by Gasteiger charge is 2.18. The number of carbonyl (C=O) groups excluding carboxylic acids is 1. The standard InChI is InChI=1S/C26H29N3O3/c1-17(18-8-3-2-4-9-18)26(32)29-23-12-6-5-11-20(23)21-15-14-19(10-7-13-24(30)31)22(16-27)25(21)28/h2-6,8-9,11-12,14-15,17H,7,10,13,16,27-28H2,1H3,(H,29,32)(H,30,31). The molecule has 0 aliphatic carbocycles. The zero-order valence-electron chi connectivity index (χ0n) is 18.2. The summed E-state index contributed by atoms with van der Waals surface area (Å²) in [5, 5.41) is 11.9. The number of para-hydroxylation sites is 1. The first-order chi connectivity index (χ1) is 15.4. The largest absolute Gasteiger partial charge is 0.481 e. The molecular weight excluding hydrogens is 402 g/mol. The fourth-order valence-corrected chi connectivity index (χ4v) is 3.81. The summed E-state index contributed by atoms with van der Waals surface area (Å²) in [5.74, 6) is -1.23. The van der Waals surface area contributed by atoms with Gasteiger partial charge in [0, 0.05) is 35.5 Å². The third kappa shape index (κ3) is 5.34. The quantitative estimate of drug-likeness (QED) is 0.371. The molecule has 6 heteroatoms. The van der Waals surface area contributed by atoms with Crippen LogP contribution in [0.3, 0.4) is 0 Å². The molecule has 0 saturated carbocycles. The van der Waals surface area contributed by atoms with E-state index in [9.17, 15) is 9.59 Å². The third-order valence-electron chi connectivity index (χ3n) is 5.66. The second-order valence-electron chi connectivity index (χ2n) is 7.78. The van der Waals surface area contributed by atoms with E-state index in [4.69, 9.17) is 16.6 Å². The van der Waals surface area contributed by atoms with E-state index in [-0.39, 0.29) is 24.8 Å². The predicted molar refractivity (Wildman–Crippen MR) is 128 cm³/mol. The van der Waals surface area contributed by atoms with Crippen molar-refractivity contribution in [2.75, 3.05) is 11.1 Å². The van der Waals surface area contributed by atoms with Crippen molar-refractivity contribution < 1.29 is 14.7 Å². The van der Waals surface area contributed by atoms with Crippen molar-refractivity contribution in [2.24, 2.45) is 5.73 Å². The number of nitrogen functional groups attached to an aromatic ring is 1.